The first-order chi connectivity index (χ1) is 15.1. The van der Waals surface area contributed by atoms with Crippen LogP contribution in [0.15, 0.2) is 72.8 Å². The first kappa shape index (κ1) is 21.0. The summed E-state index contributed by atoms with van der Waals surface area (Å²) >= 11 is 0. The number of hydrogen-bond donors (Lipinski definition) is 1. The van der Waals surface area contributed by atoms with Crippen LogP contribution in [0.5, 0.6) is 0 Å². The third kappa shape index (κ3) is 4.30. The minimum absolute atomic E-state index is 0.242. The van der Waals surface area contributed by atoms with E-state index >= 15 is 0 Å². The number of nitrogens with one attached hydrogen (secondary N) is 1. The zero-order valence-corrected chi connectivity index (χ0v) is 18.1. The summed E-state index contributed by atoms with van der Waals surface area (Å²) in [6, 6.07) is 23.7. The quantitative estimate of drug-likeness (QED) is 0.402. The summed E-state index contributed by atoms with van der Waals surface area (Å²) in [6.07, 6.45) is 2.80. The molecular formula is C27H28N2O2. The summed E-state index contributed by atoms with van der Waals surface area (Å²) in [7, 11) is 0. The van der Waals surface area contributed by atoms with Gasteiger partial charge >= 0.3 is 0 Å². The summed E-state index contributed by atoms with van der Waals surface area (Å²) in [5, 5.41) is 3.58. The van der Waals surface area contributed by atoms with Crippen molar-refractivity contribution in [1.82, 2.24) is 5.32 Å². The van der Waals surface area contributed by atoms with Crippen molar-refractivity contribution in [2.24, 2.45) is 0 Å². The van der Waals surface area contributed by atoms with Crippen LogP contribution in [0, 0.1) is 0 Å². The molecule has 1 atom stereocenters. The van der Waals surface area contributed by atoms with Crippen molar-refractivity contribution in [3.8, 4) is 0 Å². The number of fused-ring (bicyclic) bond motifs is 1. The van der Waals surface area contributed by atoms with Crippen molar-refractivity contribution in [1.29, 1.82) is 0 Å². The van der Waals surface area contributed by atoms with E-state index < -0.39 is 0 Å². The molecule has 3 aromatic rings. The summed E-state index contributed by atoms with van der Waals surface area (Å²) in [5.74, 6) is -0.483. The molecule has 1 unspecified atom stereocenters. The molecule has 1 N–H and O–H groups in total. The minimum atomic E-state index is -0.242. The lowest BCUT2D eigenvalue weighted by Crippen LogP contribution is -2.29. The minimum Gasteiger partial charge on any atom is -0.310 e. The van der Waals surface area contributed by atoms with Crippen LogP contribution in [0.25, 0.3) is 0 Å². The van der Waals surface area contributed by atoms with Gasteiger partial charge in [0, 0.05) is 6.04 Å². The SMILES string of the molecule is CCc1ccc(N2C(=O)c3ccccc3C2=O)cc1CCCNC(C)c1ccccc1. The molecular weight excluding hydrogens is 384 g/mol. The van der Waals surface area contributed by atoms with E-state index in [1.807, 2.05) is 24.3 Å². The van der Waals surface area contributed by atoms with Gasteiger partial charge in [-0.25, -0.2) is 4.90 Å². The fourth-order valence-corrected chi connectivity index (χ4v) is 4.21. The predicted octanol–water partition coefficient (Wildman–Crippen LogP) is 5.33. The average Bonchev–Trinajstić information content (AvgIpc) is 3.07. The molecule has 1 heterocycles. The summed E-state index contributed by atoms with van der Waals surface area (Å²) in [6.45, 7) is 5.21. The van der Waals surface area contributed by atoms with E-state index in [0.29, 0.717) is 22.9 Å². The molecule has 0 fully saturated rings. The molecule has 2 amide bonds. The molecule has 0 saturated carbocycles. The van der Waals surface area contributed by atoms with Gasteiger partial charge in [0.15, 0.2) is 0 Å². The number of imide groups is 1. The van der Waals surface area contributed by atoms with Crippen molar-refractivity contribution < 1.29 is 9.59 Å². The Hall–Kier alpha value is -3.24. The highest BCUT2D eigenvalue weighted by atomic mass is 16.2. The van der Waals surface area contributed by atoms with Crippen LogP contribution in [0.4, 0.5) is 5.69 Å². The molecule has 0 radical (unpaired) electrons. The van der Waals surface area contributed by atoms with E-state index in [0.717, 1.165) is 25.8 Å². The van der Waals surface area contributed by atoms with Gasteiger partial charge in [-0.1, -0.05) is 55.5 Å². The topological polar surface area (TPSA) is 49.4 Å². The van der Waals surface area contributed by atoms with Crippen molar-refractivity contribution in [3.63, 3.8) is 0 Å². The lowest BCUT2D eigenvalue weighted by Gasteiger charge is -2.18. The van der Waals surface area contributed by atoms with Crippen LogP contribution in [-0.4, -0.2) is 18.4 Å². The number of nitrogens with zero attached hydrogens (tertiary/aromatic N) is 1. The molecule has 0 aromatic heterocycles. The molecule has 158 valence electrons. The van der Waals surface area contributed by atoms with Crippen molar-refractivity contribution >= 4 is 17.5 Å². The zero-order valence-electron chi connectivity index (χ0n) is 18.1. The maximum atomic E-state index is 12.8. The van der Waals surface area contributed by atoms with E-state index in [-0.39, 0.29) is 11.8 Å². The molecule has 31 heavy (non-hydrogen) atoms. The Morgan fingerprint density at radius 1 is 0.839 bits per heavy atom. The fraction of sp³-hybridized carbons (Fsp3) is 0.259. The Labute approximate surface area is 183 Å². The monoisotopic (exact) mass is 412 g/mol. The van der Waals surface area contributed by atoms with E-state index in [2.05, 4.69) is 43.4 Å². The second kappa shape index (κ2) is 9.27. The summed E-state index contributed by atoms with van der Waals surface area (Å²) < 4.78 is 0. The van der Waals surface area contributed by atoms with Crippen LogP contribution in [0.1, 0.15) is 63.7 Å². The molecule has 1 aliphatic heterocycles. The van der Waals surface area contributed by atoms with Crippen LogP contribution < -0.4 is 10.2 Å². The molecule has 0 spiro atoms. The molecule has 4 nitrogen and oxygen atoms in total. The Bertz CT molecular complexity index is 1060. The average molecular weight is 413 g/mol. The van der Waals surface area contributed by atoms with Crippen LogP contribution >= 0.6 is 0 Å². The van der Waals surface area contributed by atoms with Gasteiger partial charge in [-0.15, -0.1) is 0 Å². The van der Waals surface area contributed by atoms with Gasteiger partial charge < -0.3 is 5.32 Å². The first-order valence-electron chi connectivity index (χ1n) is 11.0. The number of carbonyl (C=O) groups is 2. The molecule has 4 heteroatoms. The van der Waals surface area contributed by atoms with Gasteiger partial charge in [0.1, 0.15) is 0 Å². The van der Waals surface area contributed by atoms with Crippen LogP contribution in [-0.2, 0) is 12.8 Å². The summed E-state index contributed by atoms with van der Waals surface area (Å²) in [5.41, 5.74) is 5.36. The third-order valence-electron chi connectivity index (χ3n) is 6.00. The number of carbonyl (C=O) groups excluding carboxylic acids is 2. The molecule has 0 aliphatic carbocycles. The molecule has 1 aliphatic rings. The van der Waals surface area contributed by atoms with E-state index in [1.54, 1.807) is 24.3 Å². The largest absolute Gasteiger partial charge is 0.310 e. The highest BCUT2D eigenvalue weighted by Gasteiger charge is 2.36. The highest BCUT2D eigenvalue weighted by molar-refractivity contribution is 6.34. The van der Waals surface area contributed by atoms with Gasteiger partial charge in [0.25, 0.3) is 11.8 Å². The molecule has 0 bridgehead atoms. The van der Waals surface area contributed by atoms with Crippen LogP contribution in [0.3, 0.4) is 0 Å². The normalized spacial score (nSPS) is 14.1. The summed E-state index contributed by atoms with van der Waals surface area (Å²) in [4.78, 5) is 27.0. The Morgan fingerprint density at radius 2 is 1.48 bits per heavy atom. The first-order valence-corrected chi connectivity index (χ1v) is 11.0. The highest BCUT2D eigenvalue weighted by Crippen LogP contribution is 2.30. The maximum absolute atomic E-state index is 12.8. The number of benzene rings is 3. The van der Waals surface area contributed by atoms with E-state index in [4.69, 9.17) is 0 Å². The lowest BCUT2D eigenvalue weighted by molar-refractivity contribution is 0.0926. The Kier molecular flexibility index (Phi) is 6.28. The van der Waals surface area contributed by atoms with Gasteiger partial charge in [-0.05, 0) is 73.7 Å². The number of hydrogen-bond acceptors (Lipinski definition) is 3. The molecule has 0 saturated heterocycles. The number of anilines is 1. The maximum Gasteiger partial charge on any atom is 0.266 e. The smallest absolute Gasteiger partial charge is 0.266 e. The van der Waals surface area contributed by atoms with Gasteiger partial charge in [-0.2, -0.15) is 0 Å². The van der Waals surface area contributed by atoms with Crippen molar-refractivity contribution in [2.45, 2.75) is 39.2 Å². The molecule has 3 aromatic carbocycles. The Balaban J connectivity index is 1.45. The van der Waals surface area contributed by atoms with Gasteiger partial charge in [0.2, 0.25) is 0 Å². The number of aryl methyl sites for hydroxylation is 2. The second-order valence-electron chi connectivity index (χ2n) is 7.99. The fourth-order valence-electron chi connectivity index (χ4n) is 4.21. The Morgan fingerprint density at radius 3 is 2.13 bits per heavy atom. The zero-order chi connectivity index (χ0) is 21.8. The van der Waals surface area contributed by atoms with E-state index in [9.17, 15) is 9.59 Å². The van der Waals surface area contributed by atoms with Gasteiger partial charge in [-0.3, -0.25) is 9.59 Å². The number of rotatable bonds is 8. The van der Waals surface area contributed by atoms with Gasteiger partial charge in [0.05, 0.1) is 16.8 Å². The van der Waals surface area contributed by atoms with Crippen LogP contribution in [0.2, 0.25) is 0 Å². The van der Waals surface area contributed by atoms with Crippen molar-refractivity contribution in [2.75, 3.05) is 11.4 Å². The predicted molar refractivity (Wildman–Crippen MR) is 125 cm³/mol. The van der Waals surface area contributed by atoms with E-state index in [1.165, 1.54) is 21.6 Å². The third-order valence-corrected chi connectivity index (χ3v) is 6.00. The van der Waals surface area contributed by atoms with Crippen molar-refractivity contribution in [3.05, 3.63) is 101 Å². The number of amides is 2. The standard InChI is InChI=1S/C27H28N2O2/c1-3-20-15-16-23(29-26(30)24-13-7-8-14-25(24)27(29)31)18-22(20)12-9-17-28-19(2)21-10-5-4-6-11-21/h4-8,10-11,13-16,18-19,28H,3,9,12,17H2,1-2H3. The molecule has 4 rings (SSSR count). The second-order valence-corrected chi connectivity index (χ2v) is 7.99. The lowest BCUT2D eigenvalue weighted by atomic mass is 9.99.